The number of nitrogens with zero attached hydrogens (tertiary/aromatic N) is 4. The van der Waals surface area contributed by atoms with E-state index >= 15 is 0 Å². The minimum absolute atomic E-state index is 0. The van der Waals surface area contributed by atoms with Gasteiger partial charge in [0.2, 0.25) is 0 Å². The van der Waals surface area contributed by atoms with Crippen molar-refractivity contribution in [3.8, 4) is 5.75 Å². The fourth-order valence-corrected chi connectivity index (χ4v) is 3.49. The molecule has 1 fully saturated rings. The molecule has 0 bridgehead atoms. The zero-order valence-electron chi connectivity index (χ0n) is 18.3. The average Bonchev–Trinajstić information content (AvgIpc) is 2.74. The maximum atomic E-state index is 5.24. The van der Waals surface area contributed by atoms with Gasteiger partial charge in [-0.15, -0.1) is 30.6 Å². The van der Waals surface area contributed by atoms with Crippen molar-refractivity contribution in [2.24, 2.45) is 4.99 Å². The van der Waals surface area contributed by atoms with Crippen LogP contribution < -0.4 is 15.0 Å². The minimum Gasteiger partial charge on any atom is -0.497 e. The number of piperazine rings is 1. The van der Waals surface area contributed by atoms with E-state index in [1.807, 2.05) is 25.3 Å². The first-order valence-electron chi connectivity index (χ1n) is 10.3. The van der Waals surface area contributed by atoms with Gasteiger partial charge in [0.25, 0.3) is 0 Å². The molecule has 1 aromatic carbocycles. The number of unbranched alkanes of at least 4 members (excludes halogenated alkanes) is 1. The van der Waals surface area contributed by atoms with E-state index in [-0.39, 0.29) is 24.0 Å². The van der Waals surface area contributed by atoms with Crippen molar-refractivity contribution >= 4 is 35.6 Å². The van der Waals surface area contributed by atoms with Gasteiger partial charge in [0, 0.05) is 59.1 Å². The molecule has 1 aromatic rings. The van der Waals surface area contributed by atoms with Crippen molar-refractivity contribution in [3.05, 3.63) is 36.9 Å². The van der Waals surface area contributed by atoms with Gasteiger partial charge in [0.15, 0.2) is 5.96 Å². The molecule has 0 unspecified atom stereocenters. The zero-order chi connectivity index (χ0) is 20.2. The Hall–Kier alpha value is -1.48. The van der Waals surface area contributed by atoms with Crippen LogP contribution in [0.15, 0.2) is 41.9 Å². The summed E-state index contributed by atoms with van der Waals surface area (Å²) in [5.41, 5.74) is 1.28. The molecular formula is C22H38IN5O. The van der Waals surface area contributed by atoms with Gasteiger partial charge >= 0.3 is 0 Å². The highest BCUT2D eigenvalue weighted by molar-refractivity contribution is 14.0. The SMILES string of the molecule is C=CCCCN(C)C(=NC)NCCCN1CCN(c2ccc(OC)cc2)CC1.I. The van der Waals surface area contributed by atoms with Gasteiger partial charge in [-0.3, -0.25) is 9.89 Å². The number of methoxy groups -OCH3 is 1. The number of halogens is 1. The Morgan fingerprint density at radius 2 is 1.90 bits per heavy atom. The third kappa shape index (κ3) is 8.82. The summed E-state index contributed by atoms with van der Waals surface area (Å²) < 4.78 is 5.24. The molecule has 7 heteroatoms. The summed E-state index contributed by atoms with van der Waals surface area (Å²) in [6.07, 6.45) is 5.25. The molecule has 1 heterocycles. The summed E-state index contributed by atoms with van der Waals surface area (Å²) in [6, 6.07) is 8.37. The largest absolute Gasteiger partial charge is 0.497 e. The molecule has 1 aliphatic rings. The van der Waals surface area contributed by atoms with Crippen LogP contribution in [0.2, 0.25) is 0 Å². The standard InChI is InChI=1S/C22H37N5O.HI/c1-5-6-7-14-25(3)22(23-2)24-13-8-15-26-16-18-27(19-17-26)20-9-11-21(28-4)12-10-20;/h5,9-12H,1,6-8,13-19H2,2-4H3,(H,23,24);1H. The van der Waals surface area contributed by atoms with E-state index in [1.54, 1.807) is 7.11 Å². The normalized spacial score (nSPS) is 14.9. The number of rotatable bonds is 10. The fourth-order valence-electron chi connectivity index (χ4n) is 3.49. The molecule has 1 saturated heterocycles. The lowest BCUT2D eigenvalue weighted by atomic mass is 10.2. The maximum absolute atomic E-state index is 5.24. The lowest BCUT2D eigenvalue weighted by Crippen LogP contribution is -2.47. The summed E-state index contributed by atoms with van der Waals surface area (Å²) in [4.78, 5) is 11.6. The number of aliphatic imine (C=N–C) groups is 1. The summed E-state index contributed by atoms with van der Waals surface area (Å²) in [5.74, 6) is 1.89. The first kappa shape index (κ1) is 25.6. The van der Waals surface area contributed by atoms with Crippen LogP contribution in [0.3, 0.4) is 0 Å². The summed E-state index contributed by atoms with van der Waals surface area (Å²) in [5, 5.41) is 3.48. The van der Waals surface area contributed by atoms with Crippen LogP contribution >= 0.6 is 24.0 Å². The predicted molar refractivity (Wildman–Crippen MR) is 135 cm³/mol. The fraction of sp³-hybridized carbons (Fsp3) is 0.591. The van der Waals surface area contributed by atoms with Gasteiger partial charge in [0.1, 0.15) is 5.75 Å². The molecule has 0 saturated carbocycles. The van der Waals surface area contributed by atoms with Gasteiger partial charge < -0.3 is 19.9 Å². The predicted octanol–water partition coefficient (Wildman–Crippen LogP) is 3.30. The molecule has 0 amide bonds. The van der Waals surface area contributed by atoms with Crippen LogP contribution in [0.4, 0.5) is 5.69 Å². The molecule has 0 aromatic heterocycles. The van der Waals surface area contributed by atoms with Crippen LogP contribution in [-0.2, 0) is 0 Å². The van der Waals surface area contributed by atoms with Gasteiger partial charge in [-0.05, 0) is 50.1 Å². The monoisotopic (exact) mass is 515 g/mol. The van der Waals surface area contributed by atoms with Crippen LogP contribution in [-0.4, -0.2) is 82.8 Å². The van der Waals surface area contributed by atoms with Crippen molar-refractivity contribution in [2.75, 3.05) is 71.9 Å². The Bertz CT molecular complexity index is 600. The molecular weight excluding hydrogens is 477 g/mol. The van der Waals surface area contributed by atoms with Gasteiger partial charge in [-0.25, -0.2) is 0 Å². The van der Waals surface area contributed by atoms with Crippen molar-refractivity contribution in [2.45, 2.75) is 19.3 Å². The van der Waals surface area contributed by atoms with E-state index in [1.165, 1.54) is 5.69 Å². The summed E-state index contributed by atoms with van der Waals surface area (Å²) in [7, 11) is 5.65. The number of nitrogens with one attached hydrogen (secondary N) is 1. The Labute approximate surface area is 194 Å². The number of guanidine groups is 1. The quantitative estimate of drug-likeness (QED) is 0.170. The zero-order valence-corrected chi connectivity index (χ0v) is 20.6. The van der Waals surface area contributed by atoms with Crippen molar-refractivity contribution in [1.29, 1.82) is 0 Å². The molecule has 0 aliphatic carbocycles. The third-order valence-electron chi connectivity index (χ3n) is 5.22. The van der Waals surface area contributed by atoms with E-state index in [4.69, 9.17) is 4.74 Å². The maximum Gasteiger partial charge on any atom is 0.193 e. The van der Waals surface area contributed by atoms with E-state index in [2.05, 4.69) is 50.8 Å². The first-order chi connectivity index (χ1) is 13.7. The number of anilines is 1. The average molecular weight is 515 g/mol. The highest BCUT2D eigenvalue weighted by atomic mass is 127. The second-order valence-electron chi connectivity index (χ2n) is 7.21. The third-order valence-corrected chi connectivity index (χ3v) is 5.22. The highest BCUT2D eigenvalue weighted by Gasteiger charge is 2.17. The van der Waals surface area contributed by atoms with E-state index in [0.29, 0.717) is 0 Å². The first-order valence-corrected chi connectivity index (χ1v) is 10.3. The second-order valence-corrected chi connectivity index (χ2v) is 7.21. The smallest absolute Gasteiger partial charge is 0.193 e. The molecule has 29 heavy (non-hydrogen) atoms. The Morgan fingerprint density at radius 1 is 1.21 bits per heavy atom. The second kappa shape index (κ2) is 14.5. The number of benzene rings is 1. The number of ether oxygens (including phenoxy) is 1. The van der Waals surface area contributed by atoms with Crippen LogP contribution in [0.1, 0.15) is 19.3 Å². The lowest BCUT2D eigenvalue weighted by molar-refractivity contribution is 0.255. The number of hydrogen-bond donors (Lipinski definition) is 1. The van der Waals surface area contributed by atoms with Crippen molar-refractivity contribution < 1.29 is 4.74 Å². The van der Waals surface area contributed by atoms with Gasteiger partial charge in [-0.2, -0.15) is 0 Å². The molecule has 6 nitrogen and oxygen atoms in total. The van der Waals surface area contributed by atoms with Crippen LogP contribution in [0, 0.1) is 0 Å². The van der Waals surface area contributed by atoms with Crippen LogP contribution in [0.5, 0.6) is 5.75 Å². The molecule has 0 spiro atoms. The summed E-state index contributed by atoms with van der Waals surface area (Å²) in [6.45, 7) is 11.2. The molecule has 1 N–H and O–H groups in total. The molecule has 0 atom stereocenters. The van der Waals surface area contributed by atoms with Gasteiger partial charge in [-0.1, -0.05) is 6.08 Å². The summed E-state index contributed by atoms with van der Waals surface area (Å²) >= 11 is 0. The van der Waals surface area contributed by atoms with Crippen molar-refractivity contribution in [1.82, 2.24) is 15.1 Å². The topological polar surface area (TPSA) is 43.3 Å². The van der Waals surface area contributed by atoms with E-state index < -0.39 is 0 Å². The Morgan fingerprint density at radius 3 is 2.48 bits per heavy atom. The molecule has 0 radical (unpaired) electrons. The van der Waals surface area contributed by atoms with E-state index in [9.17, 15) is 0 Å². The molecule has 164 valence electrons. The number of hydrogen-bond acceptors (Lipinski definition) is 4. The van der Waals surface area contributed by atoms with Crippen molar-refractivity contribution in [3.63, 3.8) is 0 Å². The van der Waals surface area contributed by atoms with Crippen LogP contribution in [0.25, 0.3) is 0 Å². The Kier molecular flexibility index (Phi) is 12.8. The molecule has 2 rings (SSSR count). The van der Waals surface area contributed by atoms with Gasteiger partial charge in [0.05, 0.1) is 7.11 Å². The minimum atomic E-state index is 0. The highest BCUT2D eigenvalue weighted by Crippen LogP contribution is 2.20. The Balaban J connectivity index is 0.00000420. The molecule has 1 aliphatic heterocycles. The number of allylic oxidation sites excluding steroid dienone is 1. The lowest BCUT2D eigenvalue weighted by Gasteiger charge is -2.36. The van der Waals surface area contributed by atoms with E-state index in [0.717, 1.165) is 76.8 Å².